The number of likely N-dealkylation sites (tertiary alicyclic amines) is 1. The van der Waals surface area contributed by atoms with Gasteiger partial charge in [-0.05, 0) is 75.2 Å². The van der Waals surface area contributed by atoms with E-state index in [1.165, 1.54) is 6.07 Å². The first kappa shape index (κ1) is 27.6. The predicted octanol–water partition coefficient (Wildman–Crippen LogP) is 6.06. The fourth-order valence-electron chi connectivity index (χ4n) is 5.74. The van der Waals surface area contributed by atoms with Crippen molar-refractivity contribution in [2.24, 2.45) is 0 Å². The third-order valence-corrected chi connectivity index (χ3v) is 8.23. The largest absolute Gasteiger partial charge is 0.478 e. The number of aromatic carboxylic acids is 1. The number of fused-ring (bicyclic) bond motifs is 1. The van der Waals surface area contributed by atoms with E-state index in [2.05, 4.69) is 9.47 Å². The second kappa shape index (κ2) is 12.1. The minimum Gasteiger partial charge on any atom is -0.478 e. The van der Waals surface area contributed by atoms with E-state index in [1.807, 2.05) is 12.1 Å². The van der Waals surface area contributed by atoms with Crippen molar-refractivity contribution < 1.29 is 23.8 Å². The number of imidazole rings is 1. The number of hydrogen-bond acceptors (Lipinski definition) is 6. The molecule has 0 radical (unpaired) electrons. The van der Waals surface area contributed by atoms with E-state index in [0.717, 1.165) is 67.9 Å². The van der Waals surface area contributed by atoms with Crippen molar-refractivity contribution in [1.82, 2.24) is 19.4 Å². The molecule has 2 fully saturated rings. The molecule has 2 aliphatic rings. The van der Waals surface area contributed by atoms with E-state index in [-0.39, 0.29) is 18.3 Å². The maximum absolute atomic E-state index is 14.1. The molecule has 1 atom stereocenters. The lowest BCUT2D eigenvalue weighted by atomic mass is 9.93. The molecule has 0 unspecified atom stereocenters. The van der Waals surface area contributed by atoms with Crippen molar-refractivity contribution in [3.63, 3.8) is 0 Å². The van der Waals surface area contributed by atoms with E-state index in [9.17, 15) is 14.3 Å². The van der Waals surface area contributed by atoms with Crippen LogP contribution in [0.5, 0.6) is 5.88 Å². The first-order valence-corrected chi connectivity index (χ1v) is 14.4. The summed E-state index contributed by atoms with van der Waals surface area (Å²) in [5.41, 5.74) is 3.31. The molecule has 0 amide bonds. The Balaban J connectivity index is 1.11. The zero-order valence-corrected chi connectivity index (χ0v) is 23.4. The van der Waals surface area contributed by atoms with Gasteiger partial charge in [-0.25, -0.2) is 19.2 Å². The first-order chi connectivity index (χ1) is 19.9. The highest BCUT2D eigenvalue weighted by atomic mass is 35.5. The van der Waals surface area contributed by atoms with Gasteiger partial charge in [-0.3, -0.25) is 4.90 Å². The quantitative estimate of drug-likeness (QED) is 0.258. The van der Waals surface area contributed by atoms with Crippen LogP contribution >= 0.6 is 11.6 Å². The normalized spacial score (nSPS) is 18.2. The standard InChI is InChI=1S/C31H32ClFN4O4/c32-23-8-6-22(25(33)16-23)19-41-30-5-1-4-26(35-30)20-10-12-36(13-11-20)18-29-34-27-9-7-21(31(38)39)15-28(27)37(29)17-24-3-2-14-40-24/h1,4-9,15-16,20,24H,2-3,10-14,17-19H2,(H,38,39)/t24-/m1/s1. The maximum atomic E-state index is 14.1. The number of aromatic nitrogens is 3. The van der Waals surface area contributed by atoms with Crippen molar-refractivity contribution in [3.8, 4) is 5.88 Å². The highest BCUT2D eigenvalue weighted by Crippen LogP contribution is 2.30. The highest BCUT2D eigenvalue weighted by Gasteiger charge is 2.25. The minimum absolute atomic E-state index is 0.0821. The van der Waals surface area contributed by atoms with Crippen LogP contribution in [0.4, 0.5) is 4.39 Å². The molecule has 4 aromatic rings. The summed E-state index contributed by atoms with van der Waals surface area (Å²) in [5, 5.41) is 9.88. The summed E-state index contributed by atoms with van der Waals surface area (Å²) in [6.07, 6.45) is 4.03. The lowest BCUT2D eigenvalue weighted by molar-refractivity contribution is 0.0697. The number of carboxylic acids is 1. The second-order valence-corrected chi connectivity index (χ2v) is 11.2. The lowest BCUT2D eigenvalue weighted by Gasteiger charge is -2.31. The second-order valence-electron chi connectivity index (χ2n) is 10.8. The van der Waals surface area contributed by atoms with Gasteiger partial charge in [-0.2, -0.15) is 0 Å². The molecule has 0 bridgehead atoms. The van der Waals surface area contributed by atoms with Crippen molar-refractivity contribution in [3.05, 3.63) is 88.1 Å². The van der Waals surface area contributed by atoms with Crippen LogP contribution in [-0.2, 0) is 24.4 Å². The summed E-state index contributed by atoms with van der Waals surface area (Å²) in [5.74, 6) is 0.362. The summed E-state index contributed by atoms with van der Waals surface area (Å²) < 4.78 is 28.0. The molecular weight excluding hydrogens is 547 g/mol. The third kappa shape index (κ3) is 6.37. The Morgan fingerprint density at radius 3 is 2.71 bits per heavy atom. The topological polar surface area (TPSA) is 89.7 Å². The van der Waals surface area contributed by atoms with Crippen LogP contribution in [0.2, 0.25) is 5.02 Å². The number of halogens is 2. The van der Waals surface area contributed by atoms with Gasteiger partial charge < -0.3 is 19.1 Å². The van der Waals surface area contributed by atoms with Crippen LogP contribution in [-0.4, -0.2) is 56.3 Å². The summed E-state index contributed by atoms with van der Waals surface area (Å²) in [6.45, 7) is 3.97. The monoisotopic (exact) mass is 578 g/mol. The molecule has 8 nitrogen and oxygen atoms in total. The average molecular weight is 579 g/mol. The fraction of sp³-hybridized carbons (Fsp3) is 0.387. The minimum atomic E-state index is -0.944. The summed E-state index contributed by atoms with van der Waals surface area (Å²) in [6, 6.07) is 15.4. The van der Waals surface area contributed by atoms with Gasteiger partial charge in [0.25, 0.3) is 0 Å². The summed E-state index contributed by atoms with van der Waals surface area (Å²) in [4.78, 5) is 23.6. The number of carboxylic acid groups (broad SMARTS) is 1. The maximum Gasteiger partial charge on any atom is 0.335 e. The zero-order valence-electron chi connectivity index (χ0n) is 22.6. The van der Waals surface area contributed by atoms with E-state index in [1.54, 1.807) is 36.4 Å². The predicted molar refractivity (Wildman–Crippen MR) is 153 cm³/mol. The van der Waals surface area contributed by atoms with Gasteiger partial charge in [-0.15, -0.1) is 0 Å². The van der Waals surface area contributed by atoms with Gasteiger partial charge in [0.05, 0.1) is 35.8 Å². The molecule has 0 spiro atoms. The van der Waals surface area contributed by atoms with Gasteiger partial charge in [0.15, 0.2) is 0 Å². The SMILES string of the molecule is O=C(O)c1ccc2nc(CN3CCC(c4cccc(OCc5ccc(Cl)cc5F)n4)CC3)n(C[C@H]3CCCO3)c2c1. The van der Waals surface area contributed by atoms with Crippen LogP contribution in [0.3, 0.4) is 0 Å². The molecule has 6 rings (SSSR count). The smallest absolute Gasteiger partial charge is 0.335 e. The number of piperidine rings is 1. The van der Waals surface area contributed by atoms with E-state index in [0.29, 0.717) is 35.5 Å². The Labute approximate surface area is 242 Å². The number of pyridine rings is 1. The number of rotatable bonds is 9. The summed E-state index contributed by atoms with van der Waals surface area (Å²) >= 11 is 5.85. The molecule has 2 aromatic heterocycles. The molecule has 0 saturated carbocycles. The Kier molecular flexibility index (Phi) is 8.18. The van der Waals surface area contributed by atoms with Crippen molar-refractivity contribution in [2.45, 2.75) is 57.4 Å². The van der Waals surface area contributed by atoms with Crippen molar-refractivity contribution >= 4 is 28.6 Å². The molecule has 2 aromatic carbocycles. The zero-order chi connectivity index (χ0) is 28.3. The Bertz CT molecular complexity index is 1550. The molecule has 0 aliphatic carbocycles. The van der Waals surface area contributed by atoms with Gasteiger partial charge in [0.1, 0.15) is 18.2 Å². The molecule has 4 heterocycles. The number of ether oxygens (including phenoxy) is 2. The van der Waals surface area contributed by atoms with Crippen LogP contribution in [0.1, 0.15) is 59.0 Å². The summed E-state index contributed by atoms with van der Waals surface area (Å²) in [7, 11) is 0. The molecule has 10 heteroatoms. The van der Waals surface area contributed by atoms with E-state index in [4.69, 9.17) is 31.0 Å². The van der Waals surface area contributed by atoms with Crippen LogP contribution in [0.25, 0.3) is 11.0 Å². The highest BCUT2D eigenvalue weighted by molar-refractivity contribution is 6.30. The van der Waals surface area contributed by atoms with Crippen LogP contribution in [0.15, 0.2) is 54.6 Å². The molecular formula is C31H32ClFN4O4. The molecule has 41 heavy (non-hydrogen) atoms. The van der Waals surface area contributed by atoms with Crippen molar-refractivity contribution in [2.75, 3.05) is 19.7 Å². The van der Waals surface area contributed by atoms with E-state index >= 15 is 0 Å². The molecule has 214 valence electrons. The Morgan fingerprint density at radius 2 is 1.95 bits per heavy atom. The average Bonchev–Trinajstić information content (AvgIpc) is 3.61. The Morgan fingerprint density at radius 1 is 1.10 bits per heavy atom. The van der Waals surface area contributed by atoms with Gasteiger partial charge in [0, 0.05) is 34.9 Å². The first-order valence-electron chi connectivity index (χ1n) is 14.0. The number of nitrogens with zero attached hydrogens (tertiary/aromatic N) is 4. The number of benzene rings is 2. The fourth-order valence-corrected chi connectivity index (χ4v) is 5.90. The van der Waals surface area contributed by atoms with Crippen LogP contribution in [0, 0.1) is 5.82 Å². The number of carbonyl (C=O) groups is 1. The van der Waals surface area contributed by atoms with E-state index < -0.39 is 11.8 Å². The number of hydrogen-bond donors (Lipinski definition) is 1. The van der Waals surface area contributed by atoms with Gasteiger partial charge in [0.2, 0.25) is 5.88 Å². The third-order valence-electron chi connectivity index (χ3n) is 7.99. The molecule has 2 aliphatic heterocycles. The van der Waals surface area contributed by atoms with Gasteiger partial charge in [-0.1, -0.05) is 23.7 Å². The van der Waals surface area contributed by atoms with Gasteiger partial charge >= 0.3 is 5.97 Å². The van der Waals surface area contributed by atoms with Crippen LogP contribution < -0.4 is 4.74 Å². The molecule has 2 saturated heterocycles. The lowest BCUT2D eigenvalue weighted by Crippen LogP contribution is -2.34. The molecule has 1 N–H and O–H groups in total. The van der Waals surface area contributed by atoms with Crippen molar-refractivity contribution in [1.29, 1.82) is 0 Å². The Hall–Kier alpha value is -3.53.